The number of hydrogen-bond donors (Lipinski definition) is 1. The Hall–Kier alpha value is -2.04. The molecule has 0 aliphatic carbocycles. The third kappa shape index (κ3) is 1.10. The van der Waals surface area contributed by atoms with E-state index in [0.717, 1.165) is 6.21 Å². The van der Waals surface area contributed by atoms with Crippen LogP contribution in [0.5, 0.6) is 0 Å². The quantitative estimate of drug-likeness (QED) is 0.608. The van der Waals surface area contributed by atoms with Gasteiger partial charge in [-0.2, -0.15) is 0 Å². The smallest absolute Gasteiger partial charge is 0.281 e. The summed E-state index contributed by atoms with van der Waals surface area (Å²) in [5.41, 5.74) is 0.347. The number of rotatable bonds is 1. The van der Waals surface area contributed by atoms with Gasteiger partial charge in [0.15, 0.2) is 0 Å². The number of nitrogens with zero attached hydrogens (tertiary/aromatic N) is 2. The van der Waals surface area contributed by atoms with Crippen LogP contribution in [-0.2, 0) is 9.59 Å². The van der Waals surface area contributed by atoms with Crippen molar-refractivity contribution in [3.63, 3.8) is 0 Å². The van der Waals surface area contributed by atoms with Crippen molar-refractivity contribution in [2.75, 3.05) is 0 Å². The predicted octanol–water partition coefficient (Wildman–Crippen LogP) is -0.0531. The fraction of sp³-hybridized carbons (Fsp3) is 0. The van der Waals surface area contributed by atoms with Crippen molar-refractivity contribution < 1.29 is 14.7 Å². The lowest BCUT2D eigenvalue weighted by molar-refractivity contribution is -0.114. The van der Waals surface area contributed by atoms with E-state index >= 15 is 0 Å². The Labute approximate surface area is 72.8 Å². The number of allylic oxidation sites excluding steroid dienone is 1. The van der Waals surface area contributed by atoms with Gasteiger partial charge in [0.1, 0.15) is 5.76 Å². The zero-order valence-corrected chi connectivity index (χ0v) is 6.39. The lowest BCUT2D eigenvalue weighted by Crippen LogP contribution is -2.00. The summed E-state index contributed by atoms with van der Waals surface area (Å²) in [5, 5.41) is 9.20. The van der Waals surface area contributed by atoms with Gasteiger partial charge < -0.3 is 5.11 Å². The van der Waals surface area contributed by atoms with Gasteiger partial charge in [-0.1, -0.05) is 0 Å². The van der Waals surface area contributed by atoms with Crippen molar-refractivity contribution in [2.24, 2.45) is 9.98 Å². The van der Waals surface area contributed by atoms with E-state index in [1.807, 2.05) is 0 Å². The van der Waals surface area contributed by atoms with Crippen molar-refractivity contribution in [3.05, 3.63) is 23.0 Å². The molecule has 0 saturated heterocycles. The van der Waals surface area contributed by atoms with Crippen molar-refractivity contribution in [3.8, 4) is 0 Å². The molecule has 0 aromatic carbocycles. The molecule has 0 radical (unpaired) electrons. The Morgan fingerprint density at radius 1 is 1.15 bits per heavy atom. The normalized spacial score (nSPS) is 20.5. The molecule has 2 aliphatic rings. The third-order valence-electron chi connectivity index (χ3n) is 1.67. The molecule has 0 atom stereocenters. The van der Waals surface area contributed by atoms with Crippen LogP contribution in [0.4, 0.5) is 0 Å². The monoisotopic (exact) mass is 176 g/mol. The lowest BCUT2D eigenvalue weighted by Gasteiger charge is -1.95. The van der Waals surface area contributed by atoms with Crippen molar-refractivity contribution >= 4 is 24.2 Å². The Balaban J connectivity index is 2.44. The fourth-order valence-corrected chi connectivity index (χ4v) is 1.11. The average Bonchev–Trinajstić information content (AvgIpc) is 2.60. The van der Waals surface area contributed by atoms with Crippen LogP contribution in [0.25, 0.3) is 0 Å². The summed E-state index contributed by atoms with van der Waals surface area (Å²) in [7, 11) is 0. The second-order valence-corrected chi connectivity index (χ2v) is 2.52. The molecule has 2 heterocycles. The lowest BCUT2D eigenvalue weighted by atomic mass is 10.1. The van der Waals surface area contributed by atoms with Gasteiger partial charge in [0.2, 0.25) is 0 Å². The summed E-state index contributed by atoms with van der Waals surface area (Å²) < 4.78 is 0. The van der Waals surface area contributed by atoms with Crippen molar-refractivity contribution in [1.82, 2.24) is 0 Å². The molecular weight excluding hydrogens is 172 g/mol. The molecule has 5 heteroatoms. The van der Waals surface area contributed by atoms with Gasteiger partial charge in [-0.15, -0.1) is 0 Å². The first-order valence-electron chi connectivity index (χ1n) is 3.50. The largest absolute Gasteiger partial charge is 0.505 e. The summed E-state index contributed by atoms with van der Waals surface area (Å²) >= 11 is 0. The van der Waals surface area contributed by atoms with Crippen LogP contribution in [0, 0.1) is 0 Å². The number of hydrogen-bond acceptors (Lipinski definition) is 3. The summed E-state index contributed by atoms with van der Waals surface area (Å²) in [6, 6.07) is 0. The summed E-state index contributed by atoms with van der Waals surface area (Å²) in [6.07, 6.45) is 3.47. The first kappa shape index (κ1) is 7.60. The highest BCUT2D eigenvalue weighted by Crippen LogP contribution is 2.19. The SMILES string of the molecule is O=C1C=C(C2=C(O)C=NC2=O)C=N1. The van der Waals surface area contributed by atoms with Crippen molar-refractivity contribution in [1.29, 1.82) is 0 Å². The van der Waals surface area contributed by atoms with Crippen LogP contribution in [0.3, 0.4) is 0 Å². The van der Waals surface area contributed by atoms with E-state index in [1.54, 1.807) is 0 Å². The molecular formula is C8H4N2O3. The maximum absolute atomic E-state index is 11.0. The fourth-order valence-electron chi connectivity index (χ4n) is 1.11. The number of aliphatic hydroxyl groups excluding tert-OH is 1. The van der Waals surface area contributed by atoms with E-state index in [2.05, 4.69) is 9.98 Å². The van der Waals surface area contributed by atoms with Crippen molar-refractivity contribution in [2.45, 2.75) is 0 Å². The van der Waals surface area contributed by atoms with E-state index in [1.165, 1.54) is 12.3 Å². The molecule has 0 aromatic heterocycles. The molecule has 2 aliphatic heterocycles. The Morgan fingerprint density at radius 2 is 1.92 bits per heavy atom. The molecule has 13 heavy (non-hydrogen) atoms. The maximum atomic E-state index is 11.0. The highest BCUT2D eigenvalue weighted by atomic mass is 16.3. The molecule has 0 fully saturated rings. The zero-order valence-electron chi connectivity index (χ0n) is 6.39. The number of carbonyl (C=O) groups excluding carboxylic acids is 2. The van der Waals surface area contributed by atoms with Gasteiger partial charge in [-0.25, -0.2) is 9.98 Å². The molecule has 0 bridgehead atoms. The highest BCUT2D eigenvalue weighted by Gasteiger charge is 2.24. The van der Waals surface area contributed by atoms with Crippen LogP contribution >= 0.6 is 0 Å². The molecule has 0 aromatic rings. The minimum absolute atomic E-state index is 0.0367. The van der Waals surface area contributed by atoms with Crippen LogP contribution in [-0.4, -0.2) is 29.4 Å². The topological polar surface area (TPSA) is 79.1 Å². The number of aliphatic imine (C=N–C) groups is 2. The Bertz CT molecular complexity index is 427. The summed E-state index contributed by atoms with van der Waals surface area (Å²) in [4.78, 5) is 28.5. The summed E-state index contributed by atoms with van der Waals surface area (Å²) in [5.74, 6) is -1.21. The molecule has 2 amide bonds. The first-order chi connectivity index (χ1) is 6.18. The van der Waals surface area contributed by atoms with Gasteiger partial charge in [0, 0.05) is 17.9 Å². The summed E-state index contributed by atoms with van der Waals surface area (Å²) in [6.45, 7) is 0. The second kappa shape index (κ2) is 2.48. The van der Waals surface area contributed by atoms with E-state index in [-0.39, 0.29) is 11.3 Å². The molecule has 2 rings (SSSR count). The Kier molecular flexibility index (Phi) is 1.45. The first-order valence-corrected chi connectivity index (χ1v) is 3.50. The van der Waals surface area contributed by atoms with Gasteiger partial charge in [0.05, 0.1) is 11.8 Å². The van der Waals surface area contributed by atoms with E-state index in [9.17, 15) is 14.7 Å². The standard InChI is InChI=1S/C8H4N2O3/c11-5-3-10-8(13)7(5)4-1-6(12)9-2-4/h1-3,11H. The van der Waals surface area contributed by atoms with Crippen LogP contribution in [0.1, 0.15) is 0 Å². The number of amides is 2. The number of aliphatic hydroxyl groups is 1. The van der Waals surface area contributed by atoms with Crippen LogP contribution in [0.15, 0.2) is 33.0 Å². The van der Waals surface area contributed by atoms with E-state index in [0.29, 0.717) is 5.57 Å². The molecule has 0 spiro atoms. The van der Waals surface area contributed by atoms with Gasteiger partial charge in [-0.05, 0) is 0 Å². The van der Waals surface area contributed by atoms with Gasteiger partial charge in [-0.3, -0.25) is 9.59 Å². The molecule has 64 valence electrons. The zero-order chi connectivity index (χ0) is 9.42. The molecule has 0 saturated carbocycles. The van der Waals surface area contributed by atoms with Gasteiger partial charge >= 0.3 is 0 Å². The van der Waals surface area contributed by atoms with Gasteiger partial charge in [0.25, 0.3) is 11.8 Å². The van der Waals surface area contributed by atoms with E-state index in [4.69, 9.17) is 0 Å². The Morgan fingerprint density at radius 3 is 2.38 bits per heavy atom. The average molecular weight is 176 g/mol. The maximum Gasteiger partial charge on any atom is 0.281 e. The molecule has 0 unspecified atom stereocenters. The second-order valence-electron chi connectivity index (χ2n) is 2.52. The van der Waals surface area contributed by atoms with Crippen LogP contribution in [0.2, 0.25) is 0 Å². The van der Waals surface area contributed by atoms with E-state index < -0.39 is 11.8 Å². The minimum Gasteiger partial charge on any atom is -0.505 e. The minimum atomic E-state index is -0.551. The predicted molar refractivity (Wildman–Crippen MR) is 44.7 cm³/mol. The molecule has 5 nitrogen and oxygen atoms in total. The molecule has 1 N–H and O–H groups in total. The third-order valence-corrected chi connectivity index (χ3v) is 1.67. The number of carbonyl (C=O) groups is 2. The highest BCUT2D eigenvalue weighted by molar-refractivity contribution is 6.21. The van der Waals surface area contributed by atoms with Crippen LogP contribution < -0.4 is 0 Å².